The van der Waals surface area contributed by atoms with Crippen LogP contribution in [0.5, 0.6) is 0 Å². The molecule has 0 N–H and O–H groups in total. The molecule has 0 unspecified atom stereocenters. The van der Waals surface area contributed by atoms with E-state index in [0.717, 1.165) is 21.5 Å². The molecular weight excluding hydrogens is 334 g/mol. The number of carbonyl (C=O) groups is 1. The lowest BCUT2D eigenvalue weighted by Crippen LogP contribution is -2.42. The van der Waals surface area contributed by atoms with Gasteiger partial charge in [-0.05, 0) is 40.9 Å². The molecule has 0 radical (unpaired) electrons. The van der Waals surface area contributed by atoms with E-state index < -0.39 is 0 Å². The van der Waals surface area contributed by atoms with Crippen LogP contribution in [0.1, 0.15) is 41.8 Å². The van der Waals surface area contributed by atoms with Crippen molar-refractivity contribution in [2.45, 2.75) is 38.1 Å². The molecule has 2 nitrogen and oxygen atoms in total. The van der Waals surface area contributed by atoms with Crippen molar-refractivity contribution in [1.82, 2.24) is 4.90 Å². The number of alkyl halides is 1. The van der Waals surface area contributed by atoms with Crippen LogP contribution in [0, 0.1) is 0 Å². The quantitative estimate of drug-likeness (QED) is 0.731. The topological polar surface area (TPSA) is 20.3 Å². The maximum absolute atomic E-state index is 12.5. The maximum atomic E-state index is 12.5. The molecule has 1 saturated carbocycles. The monoisotopic (exact) mass is 349 g/mol. The molecule has 0 bridgehead atoms. The summed E-state index contributed by atoms with van der Waals surface area (Å²) in [5, 5.41) is 0. The third-order valence-electron chi connectivity index (χ3n) is 3.39. The van der Waals surface area contributed by atoms with Crippen LogP contribution in [0.2, 0.25) is 0 Å². The van der Waals surface area contributed by atoms with E-state index in [1.807, 2.05) is 17.0 Å². The lowest BCUT2D eigenvalue weighted by molar-refractivity contribution is 0.0654. The van der Waals surface area contributed by atoms with Crippen molar-refractivity contribution >= 4 is 44.8 Å². The highest BCUT2D eigenvalue weighted by Gasteiger charge is 2.26. The second-order valence-corrected chi connectivity index (χ2v) is 7.42. The molecule has 100 valence electrons. The standard InChI is InChI=1S/C13H17BrClNOS/c14-12-7-6-11(18-12)13(17)16(9-8-15)10-4-2-1-3-5-10/h6-7,10H,1-5,8-9H2. The van der Waals surface area contributed by atoms with Gasteiger partial charge in [0.2, 0.25) is 0 Å². The summed E-state index contributed by atoms with van der Waals surface area (Å²) in [5.41, 5.74) is 0. The molecule has 1 aliphatic rings. The second-order valence-electron chi connectivity index (χ2n) is 4.58. The number of thiophene rings is 1. The fraction of sp³-hybridized carbons (Fsp3) is 0.615. The summed E-state index contributed by atoms with van der Waals surface area (Å²) in [5.74, 6) is 0.646. The number of hydrogen-bond acceptors (Lipinski definition) is 2. The van der Waals surface area contributed by atoms with Gasteiger partial charge in [-0.25, -0.2) is 0 Å². The van der Waals surface area contributed by atoms with Crippen LogP contribution in [-0.2, 0) is 0 Å². The molecule has 0 aromatic carbocycles. The predicted octanol–water partition coefficient (Wildman–Crippen LogP) is 4.52. The Morgan fingerprint density at radius 3 is 2.67 bits per heavy atom. The van der Waals surface area contributed by atoms with E-state index in [1.54, 1.807) is 0 Å². The fourth-order valence-corrected chi connectivity index (χ4v) is 4.03. The highest BCUT2D eigenvalue weighted by molar-refractivity contribution is 9.11. The molecule has 0 aliphatic heterocycles. The molecule has 1 aromatic rings. The molecule has 1 aromatic heterocycles. The lowest BCUT2D eigenvalue weighted by atomic mass is 9.94. The van der Waals surface area contributed by atoms with E-state index in [9.17, 15) is 4.79 Å². The normalized spacial score (nSPS) is 16.8. The van der Waals surface area contributed by atoms with Gasteiger partial charge in [0, 0.05) is 18.5 Å². The van der Waals surface area contributed by atoms with Gasteiger partial charge in [-0.15, -0.1) is 22.9 Å². The minimum absolute atomic E-state index is 0.137. The average Bonchev–Trinajstić information content (AvgIpc) is 2.83. The van der Waals surface area contributed by atoms with Gasteiger partial charge < -0.3 is 4.90 Å². The van der Waals surface area contributed by atoms with E-state index in [2.05, 4.69) is 15.9 Å². The summed E-state index contributed by atoms with van der Waals surface area (Å²) in [6.07, 6.45) is 5.99. The molecule has 1 amide bonds. The smallest absolute Gasteiger partial charge is 0.264 e. The van der Waals surface area contributed by atoms with Gasteiger partial charge in [-0.3, -0.25) is 4.79 Å². The van der Waals surface area contributed by atoms with Crippen LogP contribution >= 0.6 is 38.9 Å². The minimum atomic E-state index is 0.137. The Bertz CT molecular complexity index is 403. The van der Waals surface area contributed by atoms with Crippen molar-refractivity contribution in [2.75, 3.05) is 12.4 Å². The Morgan fingerprint density at radius 2 is 2.11 bits per heavy atom. The first-order chi connectivity index (χ1) is 8.72. The van der Waals surface area contributed by atoms with Crippen LogP contribution in [-0.4, -0.2) is 29.3 Å². The third kappa shape index (κ3) is 3.49. The van der Waals surface area contributed by atoms with E-state index in [4.69, 9.17) is 11.6 Å². The second kappa shape index (κ2) is 6.92. The minimum Gasteiger partial charge on any atom is -0.334 e. The summed E-state index contributed by atoms with van der Waals surface area (Å²) in [6.45, 7) is 0.653. The summed E-state index contributed by atoms with van der Waals surface area (Å²) in [6, 6.07) is 4.20. The van der Waals surface area contributed by atoms with Crippen LogP contribution < -0.4 is 0 Å². The highest BCUT2D eigenvalue weighted by Crippen LogP contribution is 2.27. The molecular formula is C13H17BrClNOS. The third-order valence-corrected chi connectivity index (χ3v) is 5.17. The molecule has 0 spiro atoms. The SMILES string of the molecule is O=C(c1ccc(Br)s1)N(CCCl)C1CCCCC1. The molecule has 0 atom stereocenters. The Labute approximate surface area is 125 Å². The molecule has 2 rings (SSSR count). The van der Waals surface area contributed by atoms with Crippen LogP contribution in [0.3, 0.4) is 0 Å². The van der Waals surface area contributed by atoms with E-state index in [0.29, 0.717) is 18.5 Å². The molecule has 1 fully saturated rings. The van der Waals surface area contributed by atoms with Crippen molar-refractivity contribution in [2.24, 2.45) is 0 Å². The van der Waals surface area contributed by atoms with Gasteiger partial charge in [0.25, 0.3) is 5.91 Å². The number of carbonyl (C=O) groups excluding carboxylic acids is 1. The summed E-state index contributed by atoms with van der Waals surface area (Å²) in [4.78, 5) is 15.3. The zero-order valence-electron chi connectivity index (χ0n) is 10.2. The zero-order valence-corrected chi connectivity index (χ0v) is 13.4. The highest BCUT2D eigenvalue weighted by atomic mass is 79.9. The van der Waals surface area contributed by atoms with E-state index in [1.165, 1.54) is 30.6 Å². The summed E-state index contributed by atoms with van der Waals surface area (Å²) < 4.78 is 1.00. The Morgan fingerprint density at radius 1 is 1.39 bits per heavy atom. The number of hydrogen-bond donors (Lipinski definition) is 0. The average molecular weight is 351 g/mol. The molecule has 0 saturated heterocycles. The van der Waals surface area contributed by atoms with Crippen LogP contribution in [0.4, 0.5) is 0 Å². The van der Waals surface area contributed by atoms with Crippen LogP contribution in [0.25, 0.3) is 0 Å². The van der Waals surface area contributed by atoms with Gasteiger partial charge in [-0.1, -0.05) is 19.3 Å². The van der Waals surface area contributed by atoms with Crippen molar-refractivity contribution in [3.05, 3.63) is 20.8 Å². The summed E-state index contributed by atoms with van der Waals surface area (Å²) in [7, 11) is 0. The van der Waals surface area contributed by atoms with Crippen molar-refractivity contribution in [3.8, 4) is 0 Å². The Balaban J connectivity index is 2.10. The largest absolute Gasteiger partial charge is 0.334 e. The lowest BCUT2D eigenvalue weighted by Gasteiger charge is -2.33. The number of rotatable bonds is 4. The number of amides is 1. The first kappa shape index (κ1) is 14.4. The van der Waals surface area contributed by atoms with Gasteiger partial charge in [-0.2, -0.15) is 0 Å². The van der Waals surface area contributed by atoms with Crippen LogP contribution in [0.15, 0.2) is 15.9 Å². The van der Waals surface area contributed by atoms with E-state index >= 15 is 0 Å². The van der Waals surface area contributed by atoms with Gasteiger partial charge in [0.15, 0.2) is 0 Å². The van der Waals surface area contributed by atoms with Gasteiger partial charge in [0.1, 0.15) is 0 Å². The van der Waals surface area contributed by atoms with Gasteiger partial charge >= 0.3 is 0 Å². The number of nitrogens with zero attached hydrogens (tertiary/aromatic N) is 1. The molecule has 5 heteroatoms. The first-order valence-corrected chi connectivity index (χ1v) is 8.49. The zero-order chi connectivity index (χ0) is 13.0. The maximum Gasteiger partial charge on any atom is 0.264 e. The van der Waals surface area contributed by atoms with Crippen molar-refractivity contribution < 1.29 is 4.79 Å². The summed E-state index contributed by atoms with van der Waals surface area (Å²) >= 11 is 10.8. The Hall–Kier alpha value is -0.0600. The van der Waals surface area contributed by atoms with E-state index in [-0.39, 0.29) is 5.91 Å². The molecule has 1 aliphatic carbocycles. The number of halogens is 2. The van der Waals surface area contributed by atoms with Gasteiger partial charge in [0.05, 0.1) is 8.66 Å². The predicted molar refractivity (Wildman–Crippen MR) is 80.6 cm³/mol. The van der Waals surface area contributed by atoms with Crippen molar-refractivity contribution in [3.63, 3.8) is 0 Å². The Kier molecular flexibility index (Phi) is 5.52. The first-order valence-electron chi connectivity index (χ1n) is 6.34. The van der Waals surface area contributed by atoms with Crippen molar-refractivity contribution in [1.29, 1.82) is 0 Å². The molecule has 18 heavy (non-hydrogen) atoms. The fourth-order valence-electron chi connectivity index (χ4n) is 2.50. The molecule has 1 heterocycles.